The van der Waals surface area contributed by atoms with Crippen LogP contribution in [0.15, 0.2) is 0 Å². The molecule has 0 aromatic heterocycles. The van der Waals surface area contributed by atoms with E-state index < -0.39 is 17.0 Å². The van der Waals surface area contributed by atoms with E-state index in [4.69, 9.17) is 10.00 Å². The lowest BCUT2D eigenvalue weighted by atomic mass is 9.77. The molecule has 1 atom stereocenters. The van der Waals surface area contributed by atoms with Gasteiger partial charge in [-0.15, -0.1) is 0 Å². The van der Waals surface area contributed by atoms with Crippen molar-refractivity contribution in [1.82, 2.24) is 0 Å². The zero-order chi connectivity index (χ0) is 14.4. The summed E-state index contributed by atoms with van der Waals surface area (Å²) >= 11 is 0. The number of ketones is 1. The van der Waals surface area contributed by atoms with Crippen molar-refractivity contribution in [2.45, 2.75) is 65.9 Å². The molecular formula is C14H23NO3. The van der Waals surface area contributed by atoms with E-state index in [0.717, 1.165) is 0 Å². The minimum Gasteiger partial charge on any atom is -0.459 e. The first-order valence-electron chi connectivity index (χ1n) is 6.31. The second kappa shape index (κ2) is 6.53. The van der Waals surface area contributed by atoms with E-state index in [-0.39, 0.29) is 5.78 Å². The van der Waals surface area contributed by atoms with Gasteiger partial charge in [-0.25, -0.2) is 0 Å². The zero-order valence-electron chi connectivity index (χ0n) is 12.0. The van der Waals surface area contributed by atoms with E-state index in [1.807, 2.05) is 6.07 Å². The summed E-state index contributed by atoms with van der Waals surface area (Å²) in [6.45, 7) is 8.56. The van der Waals surface area contributed by atoms with Crippen molar-refractivity contribution < 1.29 is 14.3 Å². The molecule has 0 heterocycles. The molecule has 4 nitrogen and oxygen atoms in total. The van der Waals surface area contributed by atoms with Crippen LogP contribution in [-0.4, -0.2) is 17.4 Å². The minimum absolute atomic E-state index is 0.183. The molecule has 0 rings (SSSR count). The molecule has 0 aliphatic heterocycles. The number of Topliss-reactive ketones (excluding diaryl/α,β-unsaturated/α-hetero) is 1. The predicted molar refractivity (Wildman–Crippen MR) is 68.7 cm³/mol. The summed E-state index contributed by atoms with van der Waals surface area (Å²) in [5.41, 5.74) is -1.70. The quantitative estimate of drug-likeness (QED) is 0.414. The van der Waals surface area contributed by atoms with E-state index in [1.165, 1.54) is 6.92 Å². The number of nitriles is 1. The summed E-state index contributed by atoms with van der Waals surface area (Å²) in [6, 6.07) is 2.03. The van der Waals surface area contributed by atoms with Gasteiger partial charge in [0.05, 0.1) is 6.07 Å². The Bertz CT molecular complexity index is 349. The van der Waals surface area contributed by atoms with Gasteiger partial charge in [0.1, 0.15) is 16.8 Å². The number of ether oxygens (including phenoxy) is 1. The number of carbonyl (C=O) groups excluding carboxylic acids is 2. The van der Waals surface area contributed by atoms with E-state index in [9.17, 15) is 9.59 Å². The highest BCUT2D eigenvalue weighted by atomic mass is 16.6. The van der Waals surface area contributed by atoms with Crippen LogP contribution in [0.1, 0.15) is 60.3 Å². The van der Waals surface area contributed by atoms with Crippen molar-refractivity contribution in [3.63, 3.8) is 0 Å². The van der Waals surface area contributed by atoms with Crippen molar-refractivity contribution in [3.8, 4) is 6.07 Å². The van der Waals surface area contributed by atoms with Gasteiger partial charge in [0.15, 0.2) is 0 Å². The number of esters is 1. The lowest BCUT2D eigenvalue weighted by Gasteiger charge is -2.31. The molecule has 0 radical (unpaired) electrons. The van der Waals surface area contributed by atoms with Gasteiger partial charge >= 0.3 is 5.97 Å². The number of carbonyl (C=O) groups is 2. The Hall–Kier alpha value is -1.37. The fourth-order valence-corrected chi connectivity index (χ4v) is 1.84. The van der Waals surface area contributed by atoms with Gasteiger partial charge in [0, 0.05) is 6.42 Å². The number of nitrogens with zero attached hydrogens (tertiary/aromatic N) is 1. The molecule has 0 aliphatic rings. The van der Waals surface area contributed by atoms with Gasteiger partial charge in [-0.2, -0.15) is 5.26 Å². The van der Waals surface area contributed by atoms with Gasteiger partial charge in [-0.3, -0.25) is 9.59 Å². The van der Waals surface area contributed by atoms with Crippen LogP contribution in [0.25, 0.3) is 0 Å². The Labute approximate surface area is 109 Å². The van der Waals surface area contributed by atoms with Gasteiger partial charge in [0.25, 0.3) is 0 Å². The van der Waals surface area contributed by atoms with Crippen LogP contribution < -0.4 is 0 Å². The van der Waals surface area contributed by atoms with Crippen LogP contribution in [0, 0.1) is 16.7 Å². The molecule has 0 aliphatic carbocycles. The normalized spacial score (nSPS) is 14.4. The van der Waals surface area contributed by atoms with E-state index in [2.05, 4.69) is 0 Å². The molecule has 0 amide bonds. The minimum atomic E-state index is -1.09. The highest BCUT2D eigenvalue weighted by Gasteiger charge is 2.43. The van der Waals surface area contributed by atoms with Crippen molar-refractivity contribution in [1.29, 1.82) is 5.26 Å². The lowest BCUT2D eigenvalue weighted by molar-refractivity contribution is -0.171. The number of unbranched alkanes of at least 4 members (excludes halogenated alkanes) is 1. The summed E-state index contributed by atoms with van der Waals surface area (Å²) in [7, 11) is 0. The molecule has 102 valence electrons. The maximum Gasteiger partial charge on any atom is 0.320 e. The standard InChI is InChI=1S/C14H23NO3/c1-6-14(11(2)16,9-7-8-10-15)12(17)18-13(3,4)5/h6-9H2,1-5H3. The largest absolute Gasteiger partial charge is 0.459 e. The molecule has 18 heavy (non-hydrogen) atoms. The molecule has 1 unspecified atom stereocenters. The molecular weight excluding hydrogens is 230 g/mol. The molecule has 0 spiro atoms. The average molecular weight is 253 g/mol. The Morgan fingerprint density at radius 2 is 1.83 bits per heavy atom. The van der Waals surface area contributed by atoms with Crippen LogP contribution in [0.5, 0.6) is 0 Å². The zero-order valence-corrected chi connectivity index (χ0v) is 12.0. The van der Waals surface area contributed by atoms with E-state index in [0.29, 0.717) is 25.7 Å². The molecule has 0 aromatic carbocycles. The van der Waals surface area contributed by atoms with Crippen molar-refractivity contribution >= 4 is 11.8 Å². The summed E-state index contributed by atoms with van der Waals surface area (Å²) in [6.07, 6.45) is 1.66. The number of hydrogen-bond donors (Lipinski definition) is 0. The van der Waals surface area contributed by atoms with Crippen LogP contribution in [0.2, 0.25) is 0 Å². The highest BCUT2D eigenvalue weighted by Crippen LogP contribution is 2.33. The highest BCUT2D eigenvalue weighted by molar-refractivity contribution is 6.02. The summed E-state index contributed by atoms with van der Waals surface area (Å²) < 4.78 is 5.34. The number of hydrogen-bond acceptors (Lipinski definition) is 4. The Morgan fingerprint density at radius 1 is 1.28 bits per heavy atom. The fraction of sp³-hybridized carbons (Fsp3) is 0.786. The smallest absolute Gasteiger partial charge is 0.320 e. The maximum absolute atomic E-state index is 12.2. The Balaban J connectivity index is 5.02. The summed E-state index contributed by atoms with van der Waals surface area (Å²) in [5.74, 6) is -0.653. The van der Waals surface area contributed by atoms with Gasteiger partial charge < -0.3 is 4.74 Å². The molecule has 0 fully saturated rings. The second-order valence-corrected chi connectivity index (χ2v) is 5.51. The number of rotatable bonds is 6. The van der Waals surface area contributed by atoms with Crippen LogP contribution in [-0.2, 0) is 14.3 Å². The molecule has 0 N–H and O–H groups in total. The van der Waals surface area contributed by atoms with Crippen molar-refractivity contribution in [2.75, 3.05) is 0 Å². The molecule has 0 saturated heterocycles. The van der Waals surface area contributed by atoms with E-state index in [1.54, 1.807) is 27.7 Å². The Morgan fingerprint density at radius 3 is 2.17 bits per heavy atom. The van der Waals surface area contributed by atoms with Crippen LogP contribution in [0.4, 0.5) is 0 Å². The summed E-state index contributed by atoms with van der Waals surface area (Å²) in [4.78, 5) is 24.1. The topological polar surface area (TPSA) is 67.2 Å². The molecule has 0 saturated carbocycles. The Kier molecular flexibility index (Phi) is 6.04. The van der Waals surface area contributed by atoms with Crippen LogP contribution in [0.3, 0.4) is 0 Å². The third kappa shape index (κ3) is 4.48. The third-order valence-corrected chi connectivity index (χ3v) is 2.96. The fourth-order valence-electron chi connectivity index (χ4n) is 1.84. The van der Waals surface area contributed by atoms with Gasteiger partial charge in [-0.1, -0.05) is 6.92 Å². The lowest BCUT2D eigenvalue weighted by Crippen LogP contribution is -2.42. The molecule has 0 aromatic rings. The SMILES string of the molecule is CCC(CCCC#N)(C(C)=O)C(=O)OC(C)(C)C. The first-order valence-corrected chi connectivity index (χ1v) is 6.31. The van der Waals surface area contributed by atoms with E-state index >= 15 is 0 Å². The predicted octanol–water partition coefficient (Wildman–Crippen LogP) is 3.01. The second-order valence-electron chi connectivity index (χ2n) is 5.51. The van der Waals surface area contributed by atoms with Crippen LogP contribution >= 0.6 is 0 Å². The molecule has 0 bridgehead atoms. The maximum atomic E-state index is 12.2. The molecule has 4 heteroatoms. The van der Waals surface area contributed by atoms with Crippen molar-refractivity contribution in [3.05, 3.63) is 0 Å². The first-order chi connectivity index (χ1) is 8.19. The average Bonchev–Trinajstić information content (AvgIpc) is 2.21. The van der Waals surface area contributed by atoms with Gasteiger partial charge in [0.2, 0.25) is 0 Å². The monoisotopic (exact) mass is 253 g/mol. The summed E-state index contributed by atoms with van der Waals surface area (Å²) in [5, 5.41) is 8.55. The van der Waals surface area contributed by atoms with Crippen molar-refractivity contribution in [2.24, 2.45) is 5.41 Å². The third-order valence-electron chi connectivity index (χ3n) is 2.96. The van der Waals surface area contributed by atoms with Gasteiger partial charge in [-0.05, 0) is 47.0 Å². The first kappa shape index (κ1) is 16.6.